The van der Waals surface area contributed by atoms with Crippen molar-refractivity contribution in [1.82, 2.24) is 15.1 Å². The number of carbonyl (C=O) groups is 1. The molecular formula is C11H25N3O2. The second kappa shape index (κ2) is 9.42. The van der Waals surface area contributed by atoms with E-state index in [0.29, 0.717) is 19.8 Å². The van der Waals surface area contributed by atoms with Crippen molar-refractivity contribution in [2.24, 2.45) is 0 Å². The average molecular weight is 231 g/mol. The van der Waals surface area contributed by atoms with E-state index in [4.69, 9.17) is 4.74 Å². The summed E-state index contributed by atoms with van der Waals surface area (Å²) in [5.41, 5.74) is 0. The standard InChI is InChI=1S/C11H25N3O2/c1-5-14(6-2)11(15)12-7-9-16-10-8-13(3)4/h5-10H2,1-4H3,(H,12,15). The largest absolute Gasteiger partial charge is 0.378 e. The third-order valence-electron chi connectivity index (χ3n) is 2.26. The Morgan fingerprint density at radius 2 is 1.81 bits per heavy atom. The molecule has 0 aliphatic carbocycles. The third kappa shape index (κ3) is 7.48. The first kappa shape index (κ1) is 15.2. The van der Waals surface area contributed by atoms with Crippen molar-refractivity contribution in [3.63, 3.8) is 0 Å². The summed E-state index contributed by atoms with van der Waals surface area (Å²) < 4.78 is 5.37. The van der Waals surface area contributed by atoms with Crippen LogP contribution in [0.2, 0.25) is 0 Å². The number of hydrogen-bond donors (Lipinski definition) is 1. The number of urea groups is 1. The van der Waals surface area contributed by atoms with E-state index in [2.05, 4.69) is 10.2 Å². The van der Waals surface area contributed by atoms with Gasteiger partial charge in [0.1, 0.15) is 0 Å². The molecule has 0 fully saturated rings. The molecule has 0 aromatic rings. The molecular weight excluding hydrogens is 206 g/mol. The van der Waals surface area contributed by atoms with E-state index in [-0.39, 0.29) is 6.03 Å². The van der Waals surface area contributed by atoms with Gasteiger partial charge >= 0.3 is 6.03 Å². The van der Waals surface area contributed by atoms with Gasteiger partial charge in [-0.15, -0.1) is 0 Å². The maximum atomic E-state index is 11.5. The van der Waals surface area contributed by atoms with Crippen LogP contribution in [0, 0.1) is 0 Å². The van der Waals surface area contributed by atoms with Gasteiger partial charge in [0.05, 0.1) is 13.2 Å². The number of nitrogens with zero attached hydrogens (tertiary/aromatic N) is 2. The highest BCUT2D eigenvalue weighted by molar-refractivity contribution is 5.73. The van der Waals surface area contributed by atoms with Crippen LogP contribution in [0.3, 0.4) is 0 Å². The zero-order valence-corrected chi connectivity index (χ0v) is 11.0. The molecule has 0 bridgehead atoms. The smallest absolute Gasteiger partial charge is 0.317 e. The summed E-state index contributed by atoms with van der Waals surface area (Å²) in [5.74, 6) is 0. The topological polar surface area (TPSA) is 44.8 Å². The molecule has 0 aromatic heterocycles. The molecule has 5 heteroatoms. The number of amides is 2. The first-order valence-corrected chi connectivity index (χ1v) is 5.87. The van der Waals surface area contributed by atoms with E-state index in [1.165, 1.54) is 0 Å². The van der Waals surface area contributed by atoms with E-state index in [0.717, 1.165) is 19.6 Å². The summed E-state index contributed by atoms with van der Waals surface area (Å²) in [6.45, 7) is 8.17. The van der Waals surface area contributed by atoms with E-state index in [1.807, 2.05) is 27.9 Å². The minimum atomic E-state index is -0.0128. The van der Waals surface area contributed by atoms with Crippen LogP contribution >= 0.6 is 0 Å². The zero-order chi connectivity index (χ0) is 12.4. The molecule has 0 unspecified atom stereocenters. The average Bonchev–Trinajstić information content (AvgIpc) is 2.24. The molecule has 0 aliphatic heterocycles. The van der Waals surface area contributed by atoms with Crippen LogP contribution in [-0.2, 0) is 4.74 Å². The fourth-order valence-electron chi connectivity index (χ4n) is 1.20. The van der Waals surface area contributed by atoms with Crippen LogP contribution in [-0.4, -0.2) is 69.3 Å². The number of ether oxygens (including phenoxy) is 1. The molecule has 0 atom stereocenters. The third-order valence-corrected chi connectivity index (χ3v) is 2.26. The molecule has 0 heterocycles. The molecule has 0 saturated carbocycles. The van der Waals surface area contributed by atoms with Crippen molar-refractivity contribution in [3.8, 4) is 0 Å². The minimum absolute atomic E-state index is 0.0128. The lowest BCUT2D eigenvalue weighted by Crippen LogP contribution is -2.41. The van der Waals surface area contributed by atoms with Gasteiger partial charge in [-0.1, -0.05) is 0 Å². The van der Waals surface area contributed by atoms with Gasteiger partial charge in [-0.2, -0.15) is 0 Å². The van der Waals surface area contributed by atoms with Crippen molar-refractivity contribution in [1.29, 1.82) is 0 Å². The Hall–Kier alpha value is -0.810. The fraction of sp³-hybridized carbons (Fsp3) is 0.909. The first-order valence-electron chi connectivity index (χ1n) is 5.87. The Kier molecular flexibility index (Phi) is 8.94. The highest BCUT2D eigenvalue weighted by Gasteiger charge is 2.07. The summed E-state index contributed by atoms with van der Waals surface area (Å²) >= 11 is 0. The van der Waals surface area contributed by atoms with Gasteiger partial charge < -0.3 is 19.9 Å². The van der Waals surface area contributed by atoms with Crippen molar-refractivity contribution >= 4 is 6.03 Å². The summed E-state index contributed by atoms with van der Waals surface area (Å²) in [6.07, 6.45) is 0. The summed E-state index contributed by atoms with van der Waals surface area (Å²) in [4.78, 5) is 15.3. The van der Waals surface area contributed by atoms with E-state index < -0.39 is 0 Å². The van der Waals surface area contributed by atoms with Crippen molar-refractivity contribution < 1.29 is 9.53 Å². The van der Waals surface area contributed by atoms with E-state index in [1.54, 1.807) is 4.90 Å². The summed E-state index contributed by atoms with van der Waals surface area (Å²) in [5, 5.41) is 2.82. The Balaban J connectivity index is 3.40. The second-order valence-corrected chi connectivity index (χ2v) is 3.82. The molecule has 2 amide bonds. The van der Waals surface area contributed by atoms with Gasteiger partial charge in [-0.25, -0.2) is 4.79 Å². The molecule has 0 spiro atoms. The minimum Gasteiger partial charge on any atom is -0.378 e. The lowest BCUT2D eigenvalue weighted by molar-refractivity contribution is 0.118. The zero-order valence-electron chi connectivity index (χ0n) is 11.0. The predicted octanol–water partition coefficient (Wildman–Crippen LogP) is 0.616. The molecule has 0 rings (SSSR count). The van der Waals surface area contributed by atoms with Crippen LogP contribution < -0.4 is 5.32 Å². The predicted molar refractivity (Wildman–Crippen MR) is 65.7 cm³/mol. The number of likely N-dealkylation sites (N-methyl/N-ethyl adjacent to an activating group) is 1. The van der Waals surface area contributed by atoms with Gasteiger partial charge in [-0.05, 0) is 27.9 Å². The number of rotatable bonds is 8. The molecule has 16 heavy (non-hydrogen) atoms. The molecule has 5 nitrogen and oxygen atoms in total. The van der Waals surface area contributed by atoms with Gasteiger partial charge in [0.25, 0.3) is 0 Å². The van der Waals surface area contributed by atoms with Crippen LogP contribution in [0.15, 0.2) is 0 Å². The normalized spacial score (nSPS) is 10.6. The summed E-state index contributed by atoms with van der Waals surface area (Å²) in [6, 6.07) is -0.0128. The molecule has 0 aromatic carbocycles. The first-order chi connectivity index (χ1) is 7.61. The number of carbonyl (C=O) groups excluding carboxylic acids is 1. The van der Waals surface area contributed by atoms with Crippen LogP contribution in [0.1, 0.15) is 13.8 Å². The number of nitrogens with one attached hydrogen (secondary N) is 1. The molecule has 96 valence electrons. The molecule has 0 saturated heterocycles. The Morgan fingerprint density at radius 1 is 1.19 bits per heavy atom. The second-order valence-electron chi connectivity index (χ2n) is 3.82. The van der Waals surface area contributed by atoms with Gasteiger partial charge in [-0.3, -0.25) is 0 Å². The lowest BCUT2D eigenvalue weighted by Gasteiger charge is -2.19. The molecule has 1 N–H and O–H groups in total. The van der Waals surface area contributed by atoms with E-state index in [9.17, 15) is 4.79 Å². The van der Waals surface area contributed by atoms with Gasteiger partial charge in [0, 0.05) is 26.2 Å². The highest BCUT2D eigenvalue weighted by atomic mass is 16.5. The monoisotopic (exact) mass is 231 g/mol. The van der Waals surface area contributed by atoms with Gasteiger partial charge in [0.15, 0.2) is 0 Å². The van der Waals surface area contributed by atoms with Crippen molar-refractivity contribution in [2.45, 2.75) is 13.8 Å². The molecule has 0 radical (unpaired) electrons. The van der Waals surface area contributed by atoms with Gasteiger partial charge in [0.2, 0.25) is 0 Å². The SMILES string of the molecule is CCN(CC)C(=O)NCCOCCN(C)C. The Bertz CT molecular complexity index is 182. The lowest BCUT2D eigenvalue weighted by atomic mass is 10.5. The Labute approximate surface area is 98.7 Å². The van der Waals surface area contributed by atoms with Crippen LogP contribution in [0.4, 0.5) is 4.79 Å². The Morgan fingerprint density at radius 3 is 2.31 bits per heavy atom. The highest BCUT2D eigenvalue weighted by Crippen LogP contribution is 1.87. The summed E-state index contributed by atoms with van der Waals surface area (Å²) in [7, 11) is 4.01. The van der Waals surface area contributed by atoms with Crippen LogP contribution in [0.5, 0.6) is 0 Å². The van der Waals surface area contributed by atoms with Crippen molar-refractivity contribution in [2.75, 3.05) is 53.5 Å². The fourth-order valence-corrected chi connectivity index (χ4v) is 1.20. The number of hydrogen-bond acceptors (Lipinski definition) is 3. The van der Waals surface area contributed by atoms with E-state index >= 15 is 0 Å². The maximum Gasteiger partial charge on any atom is 0.317 e. The quantitative estimate of drug-likeness (QED) is 0.623. The van der Waals surface area contributed by atoms with Crippen LogP contribution in [0.25, 0.3) is 0 Å². The maximum absolute atomic E-state index is 11.5. The van der Waals surface area contributed by atoms with Crippen molar-refractivity contribution in [3.05, 3.63) is 0 Å². The molecule has 0 aliphatic rings.